The molecule has 1 aromatic heterocycles. The van der Waals surface area contributed by atoms with Crippen molar-refractivity contribution in [3.8, 4) is 6.07 Å². The number of aliphatic hydroxyl groups is 1. The topological polar surface area (TPSA) is 88.9 Å². The number of hydrogen-bond donors (Lipinski definition) is 3. The van der Waals surface area contributed by atoms with E-state index in [1.807, 2.05) is 6.07 Å². The van der Waals surface area contributed by atoms with Crippen molar-refractivity contribution in [2.45, 2.75) is 26.2 Å². The summed E-state index contributed by atoms with van der Waals surface area (Å²) in [5, 5.41) is 20.4. The number of hydrogen-bond acceptors (Lipinski definition) is 3. The third kappa shape index (κ3) is 4.22. The average Bonchev–Trinajstić information content (AvgIpc) is 2.85. The van der Waals surface area contributed by atoms with Gasteiger partial charge in [-0.15, -0.1) is 0 Å². The van der Waals surface area contributed by atoms with Crippen molar-refractivity contribution in [2.75, 3.05) is 13.2 Å². The Labute approximate surface area is 107 Å². The summed E-state index contributed by atoms with van der Waals surface area (Å²) in [6, 6.07) is 5.11. The van der Waals surface area contributed by atoms with Crippen LogP contribution < -0.4 is 5.32 Å². The quantitative estimate of drug-likeness (QED) is 0.682. The number of aromatic nitrogens is 1. The van der Waals surface area contributed by atoms with Crippen molar-refractivity contribution >= 4 is 5.91 Å². The van der Waals surface area contributed by atoms with Crippen LogP contribution in [0.15, 0.2) is 12.1 Å². The number of rotatable bonds is 7. The summed E-state index contributed by atoms with van der Waals surface area (Å²) in [4.78, 5) is 14.5. The standard InChI is InChI=1S/C13H19N3O2/c1-2-3-10(6-7-17)9-15-13(18)12-5-4-11(8-14)16-12/h4-5,10,16-17H,2-3,6-7,9H2,1H3,(H,15,18). The highest BCUT2D eigenvalue weighted by molar-refractivity contribution is 5.92. The van der Waals surface area contributed by atoms with Gasteiger partial charge in [-0.2, -0.15) is 5.26 Å². The highest BCUT2D eigenvalue weighted by Crippen LogP contribution is 2.09. The molecule has 1 unspecified atom stereocenters. The van der Waals surface area contributed by atoms with Gasteiger partial charge in [-0.3, -0.25) is 4.79 Å². The van der Waals surface area contributed by atoms with Gasteiger partial charge >= 0.3 is 0 Å². The first-order valence-electron chi connectivity index (χ1n) is 6.19. The molecular weight excluding hydrogens is 230 g/mol. The van der Waals surface area contributed by atoms with E-state index in [9.17, 15) is 4.79 Å². The summed E-state index contributed by atoms with van der Waals surface area (Å²) in [6.07, 6.45) is 2.71. The minimum absolute atomic E-state index is 0.140. The van der Waals surface area contributed by atoms with Gasteiger partial charge < -0.3 is 15.4 Å². The maximum atomic E-state index is 11.8. The van der Waals surface area contributed by atoms with E-state index >= 15 is 0 Å². The maximum absolute atomic E-state index is 11.8. The molecule has 0 fully saturated rings. The monoisotopic (exact) mass is 249 g/mol. The molecule has 1 aromatic rings. The number of aliphatic hydroxyl groups excluding tert-OH is 1. The SMILES string of the molecule is CCCC(CCO)CNC(=O)c1ccc(C#N)[nH]1. The van der Waals surface area contributed by atoms with Crippen LogP contribution in [0.2, 0.25) is 0 Å². The lowest BCUT2D eigenvalue weighted by Crippen LogP contribution is -2.30. The summed E-state index contributed by atoms with van der Waals surface area (Å²) in [6.45, 7) is 2.77. The number of H-pyrrole nitrogens is 1. The summed E-state index contributed by atoms with van der Waals surface area (Å²) in [5.41, 5.74) is 0.770. The Kier molecular flexibility index (Phi) is 5.95. The number of nitrogens with one attached hydrogen (secondary N) is 2. The number of aromatic amines is 1. The molecule has 18 heavy (non-hydrogen) atoms. The van der Waals surface area contributed by atoms with Crippen LogP contribution in [-0.2, 0) is 0 Å². The summed E-state index contributed by atoms with van der Waals surface area (Å²) >= 11 is 0. The summed E-state index contributed by atoms with van der Waals surface area (Å²) in [5.74, 6) is 0.0879. The van der Waals surface area contributed by atoms with E-state index in [4.69, 9.17) is 10.4 Å². The number of nitrogens with zero attached hydrogens (tertiary/aromatic N) is 1. The van der Waals surface area contributed by atoms with E-state index < -0.39 is 0 Å². The molecule has 0 aliphatic rings. The van der Waals surface area contributed by atoms with Gasteiger partial charge in [-0.25, -0.2) is 0 Å². The van der Waals surface area contributed by atoms with Gasteiger partial charge in [0.15, 0.2) is 0 Å². The normalized spacial score (nSPS) is 11.8. The van der Waals surface area contributed by atoms with Gasteiger partial charge in [0.05, 0.1) is 0 Å². The van der Waals surface area contributed by atoms with Crippen LogP contribution >= 0.6 is 0 Å². The number of nitriles is 1. The zero-order valence-corrected chi connectivity index (χ0v) is 10.6. The van der Waals surface area contributed by atoms with E-state index in [1.165, 1.54) is 0 Å². The number of carbonyl (C=O) groups is 1. The molecule has 1 heterocycles. The Hall–Kier alpha value is -1.80. The first-order chi connectivity index (χ1) is 8.71. The average molecular weight is 249 g/mol. The van der Waals surface area contributed by atoms with Crippen LogP contribution in [0.1, 0.15) is 42.4 Å². The second kappa shape index (κ2) is 7.51. The van der Waals surface area contributed by atoms with Crippen LogP contribution in [0.25, 0.3) is 0 Å². The molecular formula is C13H19N3O2. The van der Waals surface area contributed by atoms with Crippen molar-refractivity contribution in [1.82, 2.24) is 10.3 Å². The Morgan fingerprint density at radius 1 is 1.56 bits per heavy atom. The molecule has 5 heteroatoms. The molecule has 0 aliphatic heterocycles. The van der Waals surface area contributed by atoms with Crippen molar-refractivity contribution in [1.29, 1.82) is 5.26 Å². The molecule has 0 bridgehead atoms. The second-order valence-corrected chi connectivity index (χ2v) is 4.27. The third-order valence-electron chi connectivity index (χ3n) is 2.84. The van der Waals surface area contributed by atoms with Crippen molar-refractivity contribution in [3.63, 3.8) is 0 Å². The van der Waals surface area contributed by atoms with E-state index in [0.717, 1.165) is 12.8 Å². The van der Waals surface area contributed by atoms with Crippen molar-refractivity contribution in [3.05, 3.63) is 23.5 Å². The lowest BCUT2D eigenvalue weighted by atomic mass is 10.0. The lowest BCUT2D eigenvalue weighted by Gasteiger charge is -2.15. The second-order valence-electron chi connectivity index (χ2n) is 4.27. The van der Waals surface area contributed by atoms with Gasteiger partial charge in [0.25, 0.3) is 5.91 Å². The van der Waals surface area contributed by atoms with Crippen molar-refractivity contribution < 1.29 is 9.90 Å². The molecule has 3 N–H and O–H groups in total. The first kappa shape index (κ1) is 14.3. The largest absolute Gasteiger partial charge is 0.396 e. The van der Waals surface area contributed by atoms with Crippen LogP contribution in [0.4, 0.5) is 0 Å². The summed E-state index contributed by atoms with van der Waals surface area (Å²) < 4.78 is 0. The van der Waals surface area contributed by atoms with E-state index in [1.54, 1.807) is 12.1 Å². The fraction of sp³-hybridized carbons (Fsp3) is 0.538. The molecule has 0 aliphatic carbocycles. The molecule has 1 amide bonds. The van der Waals surface area contributed by atoms with Crippen LogP contribution in [0.5, 0.6) is 0 Å². The van der Waals surface area contributed by atoms with Gasteiger partial charge in [0.1, 0.15) is 17.5 Å². The Morgan fingerprint density at radius 2 is 2.33 bits per heavy atom. The highest BCUT2D eigenvalue weighted by atomic mass is 16.3. The zero-order chi connectivity index (χ0) is 13.4. The highest BCUT2D eigenvalue weighted by Gasteiger charge is 2.12. The predicted octanol–water partition coefficient (Wildman–Crippen LogP) is 1.41. The number of amides is 1. The minimum Gasteiger partial charge on any atom is -0.396 e. The van der Waals surface area contributed by atoms with E-state index in [-0.39, 0.29) is 12.5 Å². The first-order valence-corrected chi connectivity index (χ1v) is 6.19. The fourth-order valence-electron chi connectivity index (χ4n) is 1.86. The maximum Gasteiger partial charge on any atom is 0.267 e. The van der Waals surface area contributed by atoms with Crippen LogP contribution in [0, 0.1) is 17.2 Å². The Morgan fingerprint density at radius 3 is 2.89 bits per heavy atom. The molecule has 0 spiro atoms. The molecule has 5 nitrogen and oxygen atoms in total. The molecule has 0 saturated carbocycles. The lowest BCUT2D eigenvalue weighted by molar-refractivity contribution is 0.0938. The molecule has 1 atom stereocenters. The van der Waals surface area contributed by atoms with Crippen LogP contribution in [0.3, 0.4) is 0 Å². The van der Waals surface area contributed by atoms with E-state index in [2.05, 4.69) is 17.2 Å². The van der Waals surface area contributed by atoms with Crippen LogP contribution in [-0.4, -0.2) is 29.1 Å². The van der Waals surface area contributed by atoms with Crippen molar-refractivity contribution in [2.24, 2.45) is 5.92 Å². The van der Waals surface area contributed by atoms with Gasteiger partial charge in [-0.1, -0.05) is 13.3 Å². The van der Waals surface area contributed by atoms with Gasteiger partial charge in [0, 0.05) is 13.2 Å². The molecule has 98 valence electrons. The summed E-state index contributed by atoms with van der Waals surface area (Å²) in [7, 11) is 0. The molecule has 0 saturated heterocycles. The molecule has 0 aromatic carbocycles. The third-order valence-corrected chi connectivity index (χ3v) is 2.84. The van der Waals surface area contributed by atoms with E-state index in [0.29, 0.717) is 30.3 Å². The Balaban J connectivity index is 2.46. The fourth-order valence-corrected chi connectivity index (χ4v) is 1.86. The Bertz CT molecular complexity index is 414. The minimum atomic E-state index is -0.212. The van der Waals surface area contributed by atoms with Gasteiger partial charge in [0.2, 0.25) is 0 Å². The van der Waals surface area contributed by atoms with Gasteiger partial charge in [-0.05, 0) is 30.9 Å². The number of carbonyl (C=O) groups excluding carboxylic acids is 1. The zero-order valence-electron chi connectivity index (χ0n) is 10.6. The predicted molar refractivity (Wildman–Crippen MR) is 67.9 cm³/mol. The molecule has 1 rings (SSSR count). The smallest absolute Gasteiger partial charge is 0.267 e. The molecule has 0 radical (unpaired) electrons.